The number of rotatable bonds is 3. The van der Waals surface area contributed by atoms with Crippen LogP contribution in [0.25, 0.3) is 5.69 Å². The Morgan fingerprint density at radius 2 is 1.57 bits per heavy atom. The zero-order chi connectivity index (χ0) is 14.7. The van der Waals surface area contributed by atoms with E-state index in [0.717, 1.165) is 11.4 Å². The first-order valence-corrected chi connectivity index (χ1v) is 6.51. The van der Waals surface area contributed by atoms with Crippen molar-refractivity contribution in [2.24, 2.45) is 0 Å². The average Bonchev–Trinajstić information content (AvgIpc) is 2.48. The Bertz CT molecular complexity index is 798. The van der Waals surface area contributed by atoms with Gasteiger partial charge in [-0.1, -0.05) is 36.4 Å². The Hall–Kier alpha value is -3.08. The summed E-state index contributed by atoms with van der Waals surface area (Å²) in [7, 11) is 0. The van der Waals surface area contributed by atoms with Crippen LogP contribution in [0.3, 0.4) is 0 Å². The third-order valence-electron chi connectivity index (χ3n) is 3.00. The largest absolute Gasteiger partial charge is 0.385 e. The van der Waals surface area contributed by atoms with E-state index in [1.165, 1.54) is 6.07 Å². The molecular formula is C16H14N4O. The highest BCUT2D eigenvalue weighted by molar-refractivity contribution is 5.58. The van der Waals surface area contributed by atoms with Crippen molar-refractivity contribution in [1.82, 2.24) is 9.55 Å². The van der Waals surface area contributed by atoms with Crippen molar-refractivity contribution in [3.63, 3.8) is 0 Å². The number of nitrogens with one attached hydrogen (secondary N) is 1. The van der Waals surface area contributed by atoms with Gasteiger partial charge in [-0.05, 0) is 24.3 Å². The van der Waals surface area contributed by atoms with Gasteiger partial charge < -0.3 is 11.1 Å². The molecule has 0 unspecified atom stereocenters. The number of anilines is 3. The van der Waals surface area contributed by atoms with Crippen molar-refractivity contribution in [2.75, 3.05) is 11.1 Å². The topological polar surface area (TPSA) is 72.9 Å². The summed E-state index contributed by atoms with van der Waals surface area (Å²) < 4.78 is 1.70. The molecular weight excluding hydrogens is 264 g/mol. The lowest BCUT2D eigenvalue weighted by atomic mass is 10.3. The van der Waals surface area contributed by atoms with Gasteiger partial charge in [0.15, 0.2) is 0 Å². The number of hydrogen-bond donors (Lipinski definition) is 2. The number of nitrogen functional groups attached to an aromatic ring is 1. The Morgan fingerprint density at radius 3 is 2.24 bits per heavy atom. The Morgan fingerprint density at radius 1 is 0.952 bits per heavy atom. The second-order valence-electron chi connectivity index (χ2n) is 4.50. The second kappa shape index (κ2) is 5.50. The van der Waals surface area contributed by atoms with Crippen LogP contribution in [0.2, 0.25) is 0 Å². The van der Waals surface area contributed by atoms with E-state index in [2.05, 4.69) is 10.3 Å². The molecule has 5 heteroatoms. The minimum atomic E-state index is -0.377. The number of aromatic nitrogens is 2. The van der Waals surface area contributed by atoms with E-state index in [0.29, 0.717) is 11.8 Å². The molecule has 1 aromatic heterocycles. The molecule has 3 N–H and O–H groups in total. The maximum absolute atomic E-state index is 11.6. The molecule has 0 amide bonds. The SMILES string of the molecule is Nc1cc(=O)nc(Nc2ccccc2)n1-c1ccccc1. The number of hydrogen-bond acceptors (Lipinski definition) is 4. The van der Waals surface area contributed by atoms with Crippen LogP contribution < -0.4 is 16.6 Å². The zero-order valence-electron chi connectivity index (χ0n) is 11.2. The van der Waals surface area contributed by atoms with Gasteiger partial charge in [-0.15, -0.1) is 0 Å². The molecule has 3 aromatic rings. The van der Waals surface area contributed by atoms with Gasteiger partial charge in [0.2, 0.25) is 5.95 Å². The van der Waals surface area contributed by atoms with Gasteiger partial charge in [0, 0.05) is 11.8 Å². The van der Waals surface area contributed by atoms with Crippen LogP contribution in [0.5, 0.6) is 0 Å². The molecule has 2 aromatic carbocycles. The molecule has 0 spiro atoms. The first-order valence-electron chi connectivity index (χ1n) is 6.51. The fraction of sp³-hybridized carbons (Fsp3) is 0. The lowest BCUT2D eigenvalue weighted by Crippen LogP contribution is -2.18. The number of nitrogens with two attached hydrogens (primary N) is 1. The summed E-state index contributed by atoms with van der Waals surface area (Å²) >= 11 is 0. The van der Waals surface area contributed by atoms with E-state index >= 15 is 0 Å². The lowest BCUT2D eigenvalue weighted by molar-refractivity contribution is 0.987. The molecule has 0 aliphatic carbocycles. The first kappa shape index (κ1) is 12.9. The van der Waals surface area contributed by atoms with E-state index in [1.807, 2.05) is 60.7 Å². The smallest absolute Gasteiger partial charge is 0.276 e. The van der Waals surface area contributed by atoms with Crippen LogP contribution in [-0.2, 0) is 0 Å². The molecule has 0 saturated heterocycles. The summed E-state index contributed by atoms with van der Waals surface area (Å²) in [5.74, 6) is 0.719. The molecule has 0 bridgehead atoms. The standard InChI is InChI=1S/C16H14N4O/c17-14-11-15(21)19-16(18-12-7-3-1-4-8-12)20(14)13-9-5-2-6-10-13/h1-11H,17H2,(H,18,19,21). The van der Waals surface area contributed by atoms with Gasteiger partial charge in [0.05, 0.1) is 5.69 Å². The number of benzene rings is 2. The fourth-order valence-corrected chi connectivity index (χ4v) is 2.08. The molecule has 21 heavy (non-hydrogen) atoms. The van der Waals surface area contributed by atoms with Crippen LogP contribution in [0.1, 0.15) is 0 Å². The molecule has 0 aliphatic heterocycles. The molecule has 1 heterocycles. The van der Waals surface area contributed by atoms with E-state index in [-0.39, 0.29) is 5.56 Å². The van der Waals surface area contributed by atoms with Crippen LogP contribution in [-0.4, -0.2) is 9.55 Å². The van der Waals surface area contributed by atoms with Gasteiger partial charge in [-0.25, -0.2) is 0 Å². The average molecular weight is 278 g/mol. The van der Waals surface area contributed by atoms with Gasteiger partial charge in [-0.3, -0.25) is 9.36 Å². The van der Waals surface area contributed by atoms with Crippen molar-refractivity contribution >= 4 is 17.5 Å². The molecule has 3 rings (SSSR count). The van der Waals surface area contributed by atoms with Gasteiger partial charge in [0.25, 0.3) is 5.56 Å². The summed E-state index contributed by atoms with van der Waals surface area (Å²) in [6, 6.07) is 20.3. The van der Waals surface area contributed by atoms with Crippen molar-refractivity contribution < 1.29 is 0 Å². The fourth-order valence-electron chi connectivity index (χ4n) is 2.08. The van der Waals surface area contributed by atoms with E-state index in [1.54, 1.807) is 4.57 Å². The van der Waals surface area contributed by atoms with Gasteiger partial charge in [0.1, 0.15) is 5.82 Å². The minimum absolute atomic E-state index is 0.333. The Kier molecular flexibility index (Phi) is 3.39. The summed E-state index contributed by atoms with van der Waals surface area (Å²) in [6.07, 6.45) is 0. The predicted octanol–water partition coefficient (Wildman–Crippen LogP) is 2.56. The molecule has 5 nitrogen and oxygen atoms in total. The molecule has 0 atom stereocenters. The summed E-state index contributed by atoms with van der Waals surface area (Å²) in [5.41, 5.74) is 7.28. The van der Waals surface area contributed by atoms with E-state index in [9.17, 15) is 4.79 Å². The number of nitrogens with zero attached hydrogens (tertiary/aromatic N) is 2. The monoisotopic (exact) mass is 278 g/mol. The highest BCUT2D eigenvalue weighted by Crippen LogP contribution is 2.20. The quantitative estimate of drug-likeness (QED) is 0.772. The zero-order valence-corrected chi connectivity index (χ0v) is 11.2. The van der Waals surface area contributed by atoms with E-state index in [4.69, 9.17) is 5.73 Å². The second-order valence-corrected chi connectivity index (χ2v) is 4.50. The van der Waals surface area contributed by atoms with E-state index < -0.39 is 0 Å². The molecule has 0 radical (unpaired) electrons. The highest BCUT2D eigenvalue weighted by Gasteiger charge is 2.09. The lowest BCUT2D eigenvalue weighted by Gasteiger charge is -2.16. The summed E-state index contributed by atoms with van der Waals surface area (Å²) in [6.45, 7) is 0. The van der Waals surface area contributed by atoms with Crippen molar-refractivity contribution in [2.45, 2.75) is 0 Å². The molecule has 104 valence electrons. The Balaban J connectivity index is 2.13. The van der Waals surface area contributed by atoms with Gasteiger partial charge in [-0.2, -0.15) is 4.98 Å². The predicted molar refractivity (Wildman–Crippen MR) is 84.0 cm³/mol. The third kappa shape index (κ3) is 2.76. The maximum Gasteiger partial charge on any atom is 0.276 e. The Labute approximate surface area is 121 Å². The minimum Gasteiger partial charge on any atom is -0.385 e. The number of para-hydroxylation sites is 2. The van der Waals surface area contributed by atoms with Crippen LogP contribution in [0.4, 0.5) is 17.5 Å². The summed E-state index contributed by atoms with van der Waals surface area (Å²) in [4.78, 5) is 15.7. The normalized spacial score (nSPS) is 10.3. The first-order chi connectivity index (χ1) is 10.2. The van der Waals surface area contributed by atoms with Crippen LogP contribution in [0.15, 0.2) is 71.5 Å². The van der Waals surface area contributed by atoms with Crippen molar-refractivity contribution in [1.29, 1.82) is 0 Å². The molecule has 0 saturated carbocycles. The highest BCUT2D eigenvalue weighted by atomic mass is 16.1. The molecule has 0 aliphatic rings. The van der Waals surface area contributed by atoms with Crippen LogP contribution in [0, 0.1) is 0 Å². The van der Waals surface area contributed by atoms with Crippen molar-refractivity contribution in [3.05, 3.63) is 77.1 Å². The molecule has 0 fully saturated rings. The van der Waals surface area contributed by atoms with Gasteiger partial charge >= 0.3 is 0 Å². The van der Waals surface area contributed by atoms with Crippen molar-refractivity contribution in [3.8, 4) is 5.69 Å². The maximum atomic E-state index is 11.6. The van der Waals surface area contributed by atoms with Crippen LogP contribution >= 0.6 is 0 Å². The third-order valence-corrected chi connectivity index (χ3v) is 3.00. The summed E-state index contributed by atoms with van der Waals surface area (Å²) in [5, 5.41) is 3.12.